The van der Waals surface area contributed by atoms with Crippen molar-refractivity contribution in [3.05, 3.63) is 50.2 Å². The summed E-state index contributed by atoms with van der Waals surface area (Å²) in [5, 5.41) is 4.51. The van der Waals surface area contributed by atoms with Gasteiger partial charge in [0, 0.05) is 6.42 Å². The van der Waals surface area contributed by atoms with Crippen LogP contribution in [0.3, 0.4) is 0 Å². The van der Waals surface area contributed by atoms with E-state index in [0.717, 1.165) is 5.56 Å². The van der Waals surface area contributed by atoms with E-state index >= 15 is 0 Å². The van der Waals surface area contributed by atoms with Gasteiger partial charge in [-0.1, -0.05) is 34.4 Å². The Balaban J connectivity index is 2.24. The monoisotopic (exact) mass is 244 g/mol. The summed E-state index contributed by atoms with van der Waals surface area (Å²) in [5.41, 5.74) is 0.897. The molecule has 6 heteroatoms. The molecule has 78 valence electrons. The van der Waals surface area contributed by atoms with Gasteiger partial charge in [0.15, 0.2) is 5.82 Å². The van der Waals surface area contributed by atoms with E-state index in [1.807, 2.05) is 0 Å². The molecule has 0 unspecified atom stereocenters. The Labute approximate surface area is 94.8 Å². The first-order valence-electron chi connectivity index (χ1n) is 4.14. The van der Waals surface area contributed by atoms with Crippen LogP contribution in [0.25, 0.3) is 0 Å². The van der Waals surface area contributed by atoms with Gasteiger partial charge in [-0.3, -0.25) is 9.51 Å². The number of aromatic amines is 1. The molecule has 0 fully saturated rings. The van der Waals surface area contributed by atoms with Gasteiger partial charge in [-0.15, -0.1) is 0 Å². The number of nitrogens with one attached hydrogen (secondary N) is 1. The standard InChI is InChI=1S/C9H6Cl2N2O2/c10-6-2-1-5(3-7(6)11)4-8-12-9(14)15-13-8/h1-3H,4H2,(H,12,13,14). The maximum atomic E-state index is 10.7. The van der Waals surface area contributed by atoms with Crippen LogP contribution in [0.1, 0.15) is 11.4 Å². The lowest BCUT2D eigenvalue weighted by molar-refractivity contribution is 0.382. The highest BCUT2D eigenvalue weighted by Gasteiger charge is 2.04. The van der Waals surface area contributed by atoms with Crippen LogP contribution >= 0.6 is 23.2 Å². The zero-order valence-corrected chi connectivity index (χ0v) is 8.97. The topological polar surface area (TPSA) is 58.9 Å². The van der Waals surface area contributed by atoms with Gasteiger partial charge in [0.25, 0.3) is 0 Å². The van der Waals surface area contributed by atoms with E-state index in [1.165, 1.54) is 0 Å². The van der Waals surface area contributed by atoms with Crippen molar-refractivity contribution in [2.24, 2.45) is 0 Å². The number of hydrogen-bond donors (Lipinski definition) is 1. The summed E-state index contributed by atoms with van der Waals surface area (Å²) in [7, 11) is 0. The molecule has 0 radical (unpaired) electrons. The predicted octanol–water partition coefficient (Wildman–Crippen LogP) is 2.26. The molecule has 0 saturated carbocycles. The molecule has 15 heavy (non-hydrogen) atoms. The molecule has 1 aromatic carbocycles. The highest BCUT2D eigenvalue weighted by atomic mass is 35.5. The highest BCUT2D eigenvalue weighted by molar-refractivity contribution is 6.42. The van der Waals surface area contributed by atoms with Crippen LogP contribution in [0.15, 0.2) is 27.5 Å². The summed E-state index contributed by atoms with van der Waals surface area (Å²) in [5.74, 6) is -0.108. The van der Waals surface area contributed by atoms with Crippen LogP contribution < -0.4 is 5.76 Å². The van der Waals surface area contributed by atoms with Gasteiger partial charge >= 0.3 is 5.76 Å². The number of H-pyrrole nitrogens is 1. The molecule has 0 saturated heterocycles. The summed E-state index contributed by atoms with van der Waals surface area (Å²) in [6.45, 7) is 0. The number of benzene rings is 1. The average Bonchev–Trinajstić information content (AvgIpc) is 2.58. The normalized spacial score (nSPS) is 10.5. The van der Waals surface area contributed by atoms with Crippen LogP contribution in [0, 0.1) is 0 Å². The Hall–Kier alpha value is -1.26. The van der Waals surface area contributed by atoms with Crippen molar-refractivity contribution in [3.63, 3.8) is 0 Å². The second kappa shape index (κ2) is 4.08. The molecular weight excluding hydrogens is 239 g/mol. The van der Waals surface area contributed by atoms with Gasteiger partial charge < -0.3 is 0 Å². The molecule has 1 heterocycles. The molecule has 0 amide bonds. The number of rotatable bonds is 2. The second-order valence-electron chi connectivity index (χ2n) is 2.97. The van der Waals surface area contributed by atoms with Crippen molar-refractivity contribution in [2.75, 3.05) is 0 Å². The quantitative estimate of drug-likeness (QED) is 0.882. The van der Waals surface area contributed by atoms with Crippen molar-refractivity contribution >= 4 is 23.2 Å². The molecule has 2 aromatic rings. The number of nitrogens with zero attached hydrogens (tertiary/aromatic N) is 1. The van der Waals surface area contributed by atoms with E-state index in [9.17, 15) is 4.79 Å². The maximum absolute atomic E-state index is 10.7. The van der Waals surface area contributed by atoms with Crippen molar-refractivity contribution < 1.29 is 4.52 Å². The summed E-state index contributed by atoms with van der Waals surface area (Å²) >= 11 is 11.6. The third-order valence-corrected chi connectivity index (χ3v) is 2.58. The molecule has 1 N–H and O–H groups in total. The first-order chi connectivity index (χ1) is 7.15. The van der Waals surface area contributed by atoms with Gasteiger partial charge in [0.05, 0.1) is 10.0 Å². The van der Waals surface area contributed by atoms with E-state index in [4.69, 9.17) is 23.2 Å². The first-order valence-corrected chi connectivity index (χ1v) is 4.89. The average molecular weight is 245 g/mol. The number of hydrogen-bond acceptors (Lipinski definition) is 3. The molecule has 2 rings (SSSR count). The lowest BCUT2D eigenvalue weighted by atomic mass is 10.1. The number of aromatic nitrogens is 2. The van der Waals surface area contributed by atoms with Gasteiger partial charge in [-0.2, -0.15) is 0 Å². The van der Waals surface area contributed by atoms with Crippen LogP contribution in [-0.2, 0) is 6.42 Å². The lowest BCUT2D eigenvalue weighted by Crippen LogP contribution is -1.97. The van der Waals surface area contributed by atoms with E-state index in [-0.39, 0.29) is 0 Å². The fourth-order valence-electron chi connectivity index (χ4n) is 1.18. The third-order valence-electron chi connectivity index (χ3n) is 1.84. The van der Waals surface area contributed by atoms with Crippen LogP contribution in [0.2, 0.25) is 10.0 Å². The molecule has 0 aliphatic heterocycles. The fourth-order valence-corrected chi connectivity index (χ4v) is 1.50. The lowest BCUT2D eigenvalue weighted by Gasteiger charge is -1.99. The van der Waals surface area contributed by atoms with E-state index in [0.29, 0.717) is 22.3 Å². The van der Waals surface area contributed by atoms with E-state index in [1.54, 1.807) is 18.2 Å². The van der Waals surface area contributed by atoms with Crippen molar-refractivity contribution in [1.82, 2.24) is 10.1 Å². The van der Waals surface area contributed by atoms with Gasteiger partial charge in [-0.25, -0.2) is 4.79 Å². The Kier molecular flexibility index (Phi) is 2.79. The maximum Gasteiger partial charge on any atom is 0.438 e. The van der Waals surface area contributed by atoms with Gasteiger partial charge in [0.1, 0.15) is 0 Å². The summed E-state index contributed by atoms with van der Waals surface area (Å²) in [6.07, 6.45) is 0.447. The molecular formula is C9H6Cl2N2O2. The minimum Gasteiger partial charge on any atom is -0.296 e. The second-order valence-corrected chi connectivity index (χ2v) is 3.78. The van der Waals surface area contributed by atoms with Crippen LogP contribution in [0.5, 0.6) is 0 Å². The van der Waals surface area contributed by atoms with Gasteiger partial charge in [0.2, 0.25) is 0 Å². The van der Waals surface area contributed by atoms with Crippen molar-refractivity contribution in [2.45, 2.75) is 6.42 Å². The molecule has 0 bridgehead atoms. The van der Waals surface area contributed by atoms with Crippen LogP contribution in [-0.4, -0.2) is 10.1 Å². The summed E-state index contributed by atoms with van der Waals surface area (Å²) < 4.78 is 4.37. The smallest absolute Gasteiger partial charge is 0.296 e. The van der Waals surface area contributed by atoms with E-state index in [2.05, 4.69) is 14.7 Å². The molecule has 0 spiro atoms. The SMILES string of the molecule is O=c1[nH]c(Cc2ccc(Cl)c(Cl)c2)no1. The third kappa shape index (κ3) is 2.40. The minimum atomic E-state index is -0.565. The zero-order chi connectivity index (χ0) is 10.8. The Morgan fingerprint density at radius 3 is 2.73 bits per heavy atom. The van der Waals surface area contributed by atoms with Gasteiger partial charge in [-0.05, 0) is 17.7 Å². The summed E-state index contributed by atoms with van der Waals surface area (Å²) in [4.78, 5) is 13.1. The fraction of sp³-hybridized carbons (Fsp3) is 0.111. The Morgan fingerprint density at radius 2 is 2.13 bits per heavy atom. The largest absolute Gasteiger partial charge is 0.438 e. The molecule has 0 aliphatic rings. The molecule has 0 atom stereocenters. The Bertz CT molecular complexity index is 533. The van der Waals surface area contributed by atoms with Crippen molar-refractivity contribution in [3.8, 4) is 0 Å². The summed E-state index contributed by atoms with van der Waals surface area (Å²) in [6, 6.07) is 5.22. The van der Waals surface area contributed by atoms with E-state index < -0.39 is 5.76 Å². The van der Waals surface area contributed by atoms with Crippen molar-refractivity contribution in [1.29, 1.82) is 0 Å². The molecule has 0 aliphatic carbocycles. The minimum absolute atomic E-state index is 0.447. The molecule has 4 nitrogen and oxygen atoms in total. The Morgan fingerprint density at radius 1 is 1.33 bits per heavy atom. The predicted molar refractivity (Wildman–Crippen MR) is 56.4 cm³/mol. The zero-order valence-electron chi connectivity index (χ0n) is 7.46. The first kappa shape index (κ1) is 10.3. The number of halogens is 2. The van der Waals surface area contributed by atoms with Crippen LogP contribution in [0.4, 0.5) is 0 Å². The molecule has 1 aromatic heterocycles. The highest BCUT2D eigenvalue weighted by Crippen LogP contribution is 2.23.